The topological polar surface area (TPSA) is 33.1 Å². The predicted octanol–water partition coefficient (Wildman–Crippen LogP) is 3.46. The third-order valence-electron chi connectivity index (χ3n) is 2.84. The van der Waals surface area contributed by atoms with Gasteiger partial charge in [-0.3, -0.25) is 4.98 Å². The number of aromatic nitrogens is 1. The van der Waals surface area contributed by atoms with Gasteiger partial charge >= 0.3 is 0 Å². The summed E-state index contributed by atoms with van der Waals surface area (Å²) in [7, 11) is 0. The van der Waals surface area contributed by atoms with Crippen LogP contribution in [0.5, 0.6) is 0 Å². The van der Waals surface area contributed by atoms with Gasteiger partial charge < -0.3 is 5.11 Å². The highest BCUT2D eigenvalue weighted by Gasteiger charge is 2.12. The predicted molar refractivity (Wildman–Crippen MR) is 69.0 cm³/mol. The molecule has 1 unspecified atom stereocenters. The van der Waals surface area contributed by atoms with Crippen LogP contribution in [0.4, 0.5) is 4.39 Å². The van der Waals surface area contributed by atoms with Gasteiger partial charge in [0, 0.05) is 18.8 Å². The van der Waals surface area contributed by atoms with Crippen molar-refractivity contribution in [2.24, 2.45) is 0 Å². The normalized spacial score (nSPS) is 12.4. The molecule has 0 aliphatic carbocycles. The Hall–Kier alpha value is -1.45. The number of aryl methyl sites for hydroxylation is 1. The lowest BCUT2D eigenvalue weighted by Crippen LogP contribution is -2.04. The third-order valence-corrected chi connectivity index (χ3v) is 3.14. The van der Waals surface area contributed by atoms with Crippen molar-refractivity contribution in [2.45, 2.75) is 19.4 Å². The van der Waals surface area contributed by atoms with Crippen molar-refractivity contribution in [3.8, 4) is 0 Å². The van der Waals surface area contributed by atoms with Crippen LogP contribution >= 0.6 is 11.6 Å². The number of benzene rings is 1. The minimum absolute atomic E-state index is 0.0910. The zero-order valence-corrected chi connectivity index (χ0v) is 10.7. The van der Waals surface area contributed by atoms with Gasteiger partial charge in [-0.05, 0) is 41.8 Å². The molecule has 18 heavy (non-hydrogen) atoms. The summed E-state index contributed by atoms with van der Waals surface area (Å²) in [4.78, 5) is 3.97. The Morgan fingerprint density at radius 3 is 2.83 bits per heavy atom. The summed E-state index contributed by atoms with van der Waals surface area (Å²) in [5.74, 6) is -0.465. The first kappa shape index (κ1) is 13.0. The lowest BCUT2D eigenvalue weighted by molar-refractivity contribution is 0.177. The van der Waals surface area contributed by atoms with E-state index in [1.54, 1.807) is 24.5 Å². The molecule has 0 fully saturated rings. The van der Waals surface area contributed by atoms with Gasteiger partial charge in [-0.15, -0.1) is 0 Å². The molecule has 1 aromatic carbocycles. The summed E-state index contributed by atoms with van der Waals surface area (Å²) in [5.41, 5.74) is 2.43. The van der Waals surface area contributed by atoms with E-state index in [0.29, 0.717) is 12.0 Å². The summed E-state index contributed by atoms with van der Waals surface area (Å²) in [5, 5.41) is 10.2. The van der Waals surface area contributed by atoms with Crippen LogP contribution in [0.25, 0.3) is 0 Å². The smallest absolute Gasteiger partial charge is 0.142 e. The molecule has 2 nitrogen and oxygen atoms in total. The Morgan fingerprint density at radius 2 is 2.17 bits per heavy atom. The van der Waals surface area contributed by atoms with Crippen LogP contribution in [0, 0.1) is 12.7 Å². The fraction of sp³-hybridized carbons (Fsp3) is 0.214. The molecule has 1 heterocycles. The maximum absolute atomic E-state index is 13.3. The molecule has 0 amide bonds. The molecule has 2 rings (SSSR count). The van der Waals surface area contributed by atoms with Crippen LogP contribution in [-0.4, -0.2) is 10.1 Å². The highest BCUT2D eigenvalue weighted by Crippen LogP contribution is 2.23. The van der Waals surface area contributed by atoms with Crippen LogP contribution in [0.1, 0.15) is 22.8 Å². The summed E-state index contributed by atoms with van der Waals surface area (Å²) >= 11 is 5.61. The highest BCUT2D eigenvalue weighted by atomic mass is 35.5. The number of hydrogen-bond acceptors (Lipinski definition) is 2. The second kappa shape index (κ2) is 5.46. The second-order valence-electron chi connectivity index (χ2n) is 4.20. The summed E-state index contributed by atoms with van der Waals surface area (Å²) < 4.78 is 13.3. The zero-order valence-electron chi connectivity index (χ0n) is 9.90. The lowest BCUT2D eigenvalue weighted by atomic mass is 9.99. The van der Waals surface area contributed by atoms with Gasteiger partial charge in [0.25, 0.3) is 0 Å². The van der Waals surface area contributed by atoms with E-state index in [9.17, 15) is 9.50 Å². The van der Waals surface area contributed by atoms with E-state index in [0.717, 1.165) is 11.1 Å². The number of aliphatic hydroxyl groups excluding tert-OH is 1. The Kier molecular flexibility index (Phi) is 3.94. The van der Waals surface area contributed by atoms with Crippen molar-refractivity contribution >= 4 is 11.6 Å². The monoisotopic (exact) mass is 265 g/mol. The number of rotatable bonds is 3. The van der Waals surface area contributed by atoms with Crippen LogP contribution < -0.4 is 0 Å². The number of nitrogens with zero attached hydrogens (tertiary/aromatic N) is 1. The molecule has 0 spiro atoms. The molecule has 0 saturated heterocycles. The molecule has 1 aromatic heterocycles. The minimum Gasteiger partial charge on any atom is -0.388 e. The fourth-order valence-corrected chi connectivity index (χ4v) is 1.98. The molecule has 1 atom stereocenters. The van der Waals surface area contributed by atoms with E-state index in [1.165, 1.54) is 12.1 Å². The molecule has 0 aliphatic heterocycles. The van der Waals surface area contributed by atoms with E-state index >= 15 is 0 Å². The third kappa shape index (κ3) is 2.86. The van der Waals surface area contributed by atoms with Crippen LogP contribution in [0.3, 0.4) is 0 Å². The van der Waals surface area contributed by atoms with Crippen molar-refractivity contribution in [2.75, 3.05) is 0 Å². The molecule has 0 aliphatic rings. The van der Waals surface area contributed by atoms with Crippen molar-refractivity contribution in [1.29, 1.82) is 0 Å². The summed E-state index contributed by atoms with van der Waals surface area (Å²) in [6, 6.07) is 6.33. The van der Waals surface area contributed by atoms with Gasteiger partial charge in [0.2, 0.25) is 0 Å². The van der Waals surface area contributed by atoms with E-state index < -0.39 is 11.9 Å². The Morgan fingerprint density at radius 1 is 1.39 bits per heavy atom. The van der Waals surface area contributed by atoms with Gasteiger partial charge in [0.1, 0.15) is 5.82 Å². The molecule has 4 heteroatoms. The minimum atomic E-state index is -0.673. The van der Waals surface area contributed by atoms with E-state index in [4.69, 9.17) is 11.6 Å². The number of aliphatic hydroxyl groups is 1. The van der Waals surface area contributed by atoms with Gasteiger partial charge in [0.05, 0.1) is 11.1 Å². The first-order valence-corrected chi connectivity index (χ1v) is 5.98. The second-order valence-corrected chi connectivity index (χ2v) is 4.61. The molecule has 2 aromatic rings. The number of pyridine rings is 1. The molecule has 94 valence electrons. The lowest BCUT2D eigenvalue weighted by Gasteiger charge is -2.13. The largest absolute Gasteiger partial charge is 0.388 e. The SMILES string of the molecule is Cc1cnccc1C(O)Cc1ccc(Cl)c(F)c1. The van der Waals surface area contributed by atoms with Gasteiger partial charge in [-0.2, -0.15) is 0 Å². The van der Waals surface area contributed by atoms with Crippen LogP contribution in [0.2, 0.25) is 5.02 Å². The fourth-order valence-electron chi connectivity index (χ4n) is 1.86. The standard InChI is InChI=1S/C14H13ClFNO/c1-9-8-17-5-4-11(9)14(18)7-10-2-3-12(15)13(16)6-10/h2-6,8,14,18H,7H2,1H3. The van der Waals surface area contributed by atoms with Crippen molar-refractivity contribution in [3.05, 3.63) is 64.2 Å². The number of hydrogen-bond donors (Lipinski definition) is 1. The highest BCUT2D eigenvalue weighted by molar-refractivity contribution is 6.30. The maximum Gasteiger partial charge on any atom is 0.142 e. The summed E-state index contributed by atoms with van der Waals surface area (Å²) in [6.07, 6.45) is 3.00. The average Bonchev–Trinajstić information content (AvgIpc) is 2.34. The zero-order chi connectivity index (χ0) is 13.1. The molecule has 1 N–H and O–H groups in total. The average molecular weight is 266 g/mol. The Balaban J connectivity index is 2.19. The molecule has 0 bridgehead atoms. The van der Waals surface area contributed by atoms with Gasteiger partial charge in [0.15, 0.2) is 0 Å². The Labute approximate surface area is 110 Å². The quantitative estimate of drug-likeness (QED) is 0.922. The van der Waals surface area contributed by atoms with Gasteiger partial charge in [-0.1, -0.05) is 17.7 Å². The first-order valence-electron chi connectivity index (χ1n) is 5.60. The van der Waals surface area contributed by atoms with E-state index in [2.05, 4.69) is 4.98 Å². The molecule has 0 saturated carbocycles. The Bertz CT molecular complexity index is 559. The first-order chi connectivity index (χ1) is 8.58. The van der Waals surface area contributed by atoms with E-state index in [-0.39, 0.29) is 5.02 Å². The van der Waals surface area contributed by atoms with Gasteiger partial charge in [-0.25, -0.2) is 4.39 Å². The van der Waals surface area contributed by atoms with Crippen molar-refractivity contribution in [3.63, 3.8) is 0 Å². The molecular weight excluding hydrogens is 253 g/mol. The van der Waals surface area contributed by atoms with Crippen LogP contribution in [-0.2, 0) is 6.42 Å². The molecule has 0 radical (unpaired) electrons. The molecular formula is C14H13ClFNO. The maximum atomic E-state index is 13.3. The van der Waals surface area contributed by atoms with Crippen LogP contribution in [0.15, 0.2) is 36.7 Å². The summed E-state index contributed by atoms with van der Waals surface area (Å²) in [6.45, 7) is 1.88. The number of halogens is 2. The van der Waals surface area contributed by atoms with Crippen molar-refractivity contribution in [1.82, 2.24) is 4.98 Å². The van der Waals surface area contributed by atoms with Crippen molar-refractivity contribution < 1.29 is 9.50 Å². The van der Waals surface area contributed by atoms with E-state index in [1.807, 2.05) is 6.92 Å².